The number of hydrogen-bond acceptors (Lipinski definition) is 6. The fourth-order valence-corrected chi connectivity index (χ4v) is 8.22. The van der Waals surface area contributed by atoms with Crippen molar-refractivity contribution in [2.45, 2.75) is 62.1 Å². The maximum absolute atomic E-state index is 13.1. The molecule has 1 saturated heterocycles. The molecule has 1 aromatic heterocycles. The molecule has 2 aromatic rings. The minimum absolute atomic E-state index is 0.0239. The number of piperidine rings is 1. The Morgan fingerprint density at radius 1 is 1.26 bits per heavy atom. The van der Waals surface area contributed by atoms with Crippen molar-refractivity contribution in [1.82, 2.24) is 10.2 Å². The average Bonchev–Trinajstić information content (AvgIpc) is 3.43. The highest BCUT2D eigenvalue weighted by Gasteiger charge is 2.66. The summed E-state index contributed by atoms with van der Waals surface area (Å²) >= 11 is 1.25. The summed E-state index contributed by atoms with van der Waals surface area (Å²) in [6, 6.07) is 6.05. The van der Waals surface area contributed by atoms with E-state index in [4.69, 9.17) is 4.74 Å². The van der Waals surface area contributed by atoms with Crippen LogP contribution in [-0.4, -0.2) is 53.6 Å². The van der Waals surface area contributed by atoms with Gasteiger partial charge in [-0.15, -0.1) is 11.3 Å². The molecular formula is C26H29N3O4S. The van der Waals surface area contributed by atoms with Crippen molar-refractivity contribution in [3.63, 3.8) is 0 Å². The van der Waals surface area contributed by atoms with Gasteiger partial charge in [-0.3, -0.25) is 14.5 Å². The molecule has 5 atom stereocenters. The first-order valence-electron chi connectivity index (χ1n) is 12.4. The normalized spacial score (nSPS) is 33.1. The van der Waals surface area contributed by atoms with E-state index < -0.39 is 0 Å². The zero-order chi connectivity index (χ0) is 23.0. The Labute approximate surface area is 202 Å². The zero-order valence-corrected chi connectivity index (χ0v) is 19.8. The number of carbonyl (C=O) groups is 2. The highest BCUT2D eigenvalue weighted by atomic mass is 32.1. The Hall–Kier alpha value is -2.58. The van der Waals surface area contributed by atoms with Gasteiger partial charge in [0.05, 0.1) is 11.7 Å². The lowest BCUT2D eigenvalue weighted by molar-refractivity contribution is -0.105. The third-order valence-corrected chi connectivity index (χ3v) is 9.93. The second kappa shape index (κ2) is 7.46. The van der Waals surface area contributed by atoms with Crippen LogP contribution in [0.3, 0.4) is 0 Å². The van der Waals surface area contributed by atoms with E-state index in [1.54, 1.807) is 11.4 Å². The van der Waals surface area contributed by atoms with Gasteiger partial charge in [0.25, 0.3) is 5.91 Å². The fraction of sp³-hybridized carbons (Fsp3) is 0.538. The molecule has 2 bridgehead atoms. The molecule has 7 rings (SSSR count). The molecule has 34 heavy (non-hydrogen) atoms. The lowest BCUT2D eigenvalue weighted by Crippen LogP contribution is -2.69. The van der Waals surface area contributed by atoms with E-state index in [0.29, 0.717) is 23.2 Å². The topological polar surface area (TPSA) is 90.9 Å². The Morgan fingerprint density at radius 3 is 2.91 bits per heavy atom. The van der Waals surface area contributed by atoms with Crippen molar-refractivity contribution in [1.29, 1.82) is 0 Å². The van der Waals surface area contributed by atoms with Crippen LogP contribution in [0, 0.1) is 11.8 Å². The zero-order valence-electron chi connectivity index (χ0n) is 19.0. The molecule has 0 radical (unpaired) electrons. The first-order chi connectivity index (χ1) is 16.6. The molecule has 3 aliphatic carbocycles. The number of likely N-dealkylation sites (tertiary alicyclic amines) is 1. The van der Waals surface area contributed by atoms with Crippen LogP contribution in [0.25, 0.3) is 0 Å². The van der Waals surface area contributed by atoms with Crippen molar-refractivity contribution in [3.05, 3.63) is 39.6 Å². The number of anilines is 1. The number of ether oxygens (including phenoxy) is 1. The van der Waals surface area contributed by atoms with Gasteiger partial charge < -0.3 is 20.5 Å². The number of thiophene rings is 1. The first-order valence-corrected chi connectivity index (χ1v) is 13.3. The first kappa shape index (κ1) is 20.8. The van der Waals surface area contributed by atoms with Crippen molar-refractivity contribution in [2.75, 3.05) is 18.4 Å². The summed E-state index contributed by atoms with van der Waals surface area (Å²) in [5.41, 5.74) is 3.17. The van der Waals surface area contributed by atoms with E-state index in [1.807, 2.05) is 6.07 Å². The molecule has 1 spiro atoms. The number of carbonyl (C=O) groups excluding carboxylic acids is 2. The summed E-state index contributed by atoms with van der Waals surface area (Å²) in [7, 11) is 0. The molecule has 3 fully saturated rings. The number of amides is 2. The summed E-state index contributed by atoms with van der Waals surface area (Å²) < 4.78 is 6.74. The third-order valence-electron chi connectivity index (χ3n) is 9.02. The summed E-state index contributed by atoms with van der Waals surface area (Å²) in [6.07, 6.45) is 7.17. The minimum atomic E-state index is -0.239. The van der Waals surface area contributed by atoms with Gasteiger partial charge in [-0.2, -0.15) is 0 Å². The molecule has 8 heteroatoms. The second-order valence-corrected chi connectivity index (χ2v) is 11.6. The molecule has 3 heterocycles. The molecule has 7 nitrogen and oxygen atoms in total. The van der Waals surface area contributed by atoms with Crippen molar-refractivity contribution in [3.8, 4) is 11.5 Å². The van der Waals surface area contributed by atoms with Crippen LogP contribution >= 0.6 is 11.3 Å². The number of nitrogens with zero attached hydrogens (tertiary/aromatic N) is 1. The van der Waals surface area contributed by atoms with Crippen molar-refractivity contribution < 1.29 is 19.4 Å². The van der Waals surface area contributed by atoms with E-state index in [1.165, 1.54) is 41.9 Å². The smallest absolute Gasteiger partial charge is 0.265 e. The van der Waals surface area contributed by atoms with Crippen LogP contribution in [-0.2, 0) is 16.6 Å². The van der Waals surface area contributed by atoms with Gasteiger partial charge in [-0.05, 0) is 80.0 Å². The largest absolute Gasteiger partial charge is 0.506 e. The van der Waals surface area contributed by atoms with Crippen LogP contribution < -0.4 is 15.4 Å². The molecule has 0 unspecified atom stereocenters. The molecule has 3 N–H and O–H groups in total. The maximum Gasteiger partial charge on any atom is 0.265 e. The predicted octanol–water partition coefficient (Wildman–Crippen LogP) is 3.27. The summed E-state index contributed by atoms with van der Waals surface area (Å²) in [5.74, 6) is 1.92. The van der Waals surface area contributed by atoms with E-state index in [2.05, 4.69) is 21.6 Å². The third kappa shape index (κ3) is 2.84. The Bertz CT molecular complexity index is 1180. The molecule has 2 amide bonds. The summed E-state index contributed by atoms with van der Waals surface area (Å²) in [6.45, 7) is 2.25. The standard InChI is InChI=1S/C26H29N3O4S/c30-13-27-17-5-3-15-11-19-16-4-6-18(28-25(32)23-20(31)7-10-34-23)24-26(16,21(15)22(17)33-24)8-9-29(19)12-14-1-2-14/h3,5,7,10,13-14,16,18-19,24,31H,1-2,4,6,8-9,11-12H2,(H,27,30)(H,28,32)/t16-,18+,19+,24-,26-/m0/s1. The summed E-state index contributed by atoms with van der Waals surface area (Å²) in [5, 5.41) is 17.9. The van der Waals surface area contributed by atoms with Crippen LogP contribution in [0.5, 0.6) is 11.5 Å². The van der Waals surface area contributed by atoms with Crippen LogP contribution in [0.1, 0.15) is 52.9 Å². The predicted molar refractivity (Wildman–Crippen MR) is 129 cm³/mol. The van der Waals surface area contributed by atoms with Crippen LogP contribution in [0.2, 0.25) is 0 Å². The monoisotopic (exact) mass is 479 g/mol. The Kier molecular flexibility index (Phi) is 4.55. The van der Waals surface area contributed by atoms with Gasteiger partial charge in [0.15, 0.2) is 0 Å². The molecular weight excluding hydrogens is 450 g/mol. The molecule has 2 saturated carbocycles. The van der Waals surface area contributed by atoms with Gasteiger partial charge in [0.2, 0.25) is 6.41 Å². The van der Waals surface area contributed by atoms with Gasteiger partial charge in [-0.25, -0.2) is 0 Å². The van der Waals surface area contributed by atoms with E-state index in [9.17, 15) is 14.7 Å². The SMILES string of the molecule is O=CNc1ccc2c3c1O[C@H]1[C@H](NC(=O)c4sccc4O)CC[C@H]4[C@@H](C2)N(CC2CC2)CC[C@@]341. The number of nitrogens with one attached hydrogen (secondary N) is 2. The fourth-order valence-electron chi connectivity index (χ4n) is 7.53. The molecule has 178 valence electrons. The van der Waals surface area contributed by atoms with E-state index in [-0.39, 0.29) is 29.2 Å². The lowest BCUT2D eigenvalue weighted by atomic mass is 9.51. The van der Waals surface area contributed by atoms with Crippen molar-refractivity contribution >= 4 is 29.3 Å². The van der Waals surface area contributed by atoms with Crippen LogP contribution in [0.15, 0.2) is 23.6 Å². The summed E-state index contributed by atoms with van der Waals surface area (Å²) in [4.78, 5) is 27.5. The highest BCUT2D eigenvalue weighted by molar-refractivity contribution is 7.12. The van der Waals surface area contributed by atoms with Crippen LogP contribution in [0.4, 0.5) is 5.69 Å². The number of benzene rings is 1. The van der Waals surface area contributed by atoms with Gasteiger partial charge in [0.1, 0.15) is 22.5 Å². The average molecular weight is 480 g/mol. The van der Waals surface area contributed by atoms with Crippen molar-refractivity contribution in [2.24, 2.45) is 11.8 Å². The number of aromatic hydroxyl groups is 1. The molecule has 1 aromatic carbocycles. The molecule has 5 aliphatic rings. The second-order valence-electron chi connectivity index (χ2n) is 10.7. The highest BCUT2D eigenvalue weighted by Crippen LogP contribution is 2.63. The number of hydrogen-bond donors (Lipinski definition) is 3. The number of rotatable bonds is 6. The molecule has 2 aliphatic heterocycles. The Morgan fingerprint density at radius 2 is 2.15 bits per heavy atom. The quantitative estimate of drug-likeness (QED) is 0.554. The lowest BCUT2D eigenvalue weighted by Gasteiger charge is -2.59. The van der Waals surface area contributed by atoms with E-state index in [0.717, 1.165) is 49.6 Å². The van der Waals surface area contributed by atoms with Gasteiger partial charge in [-0.1, -0.05) is 6.07 Å². The maximum atomic E-state index is 13.1. The van der Waals surface area contributed by atoms with Gasteiger partial charge in [0, 0.05) is 23.6 Å². The Balaban J connectivity index is 1.29. The van der Waals surface area contributed by atoms with Gasteiger partial charge >= 0.3 is 0 Å². The minimum Gasteiger partial charge on any atom is -0.506 e. The van der Waals surface area contributed by atoms with E-state index >= 15 is 0 Å².